The van der Waals surface area contributed by atoms with Crippen molar-refractivity contribution >= 4 is 0 Å². The fourth-order valence-corrected chi connectivity index (χ4v) is 3.33. The van der Waals surface area contributed by atoms with Crippen molar-refractivity contribution in [3.8, 4) is 0 Å². The van der Waals surface area contributed by atoms with E-state index in [-0.39, 0.29) is 0 Å². The van der Waals surface area contributed by atoms with Gasteiger partial charge in [0.05, 0.1) is 11.7 Å². The van der Waals surface area contributed by atoms with Crippen molar-refractivity contribution in [2.45, 2.75) is 51.1 Å². The first-order chi connectivity index (χ1) is 10.4. The van der Waals surface area contributed by atoms with Crippen LogP contribution in [0, 0.1) is 0 Å². The number of pyridine rings is 1. The van der Waals surface area contributed by atoms with E-state index in [1.54, 1.807) is 0 Å². The van der Waals surface area contributed by atoms with Crippen LogP contribution in [0.2, 0.25) is 0 Å². The Hall–Kier alpha value is -1.67. The van der Waals surface area contributed by atoms with Gasteiger partial charge in [0.1, 0.15) is 0 Å². The summed E-state index contributed by atoms with van der Waals surface area (Å²) in [6.45, 7) is 2.25. The summed E-state index contributed by atoms with van der Waals surface area (Å²) in [6.07, 6.45) is 7.90. The van der Waals surface area contributed by atoms with Crippen molar-refractivity contribution in [1.29, 1.82) is 0 Å². The molecule has 1 heterocycles. The van der Waals surface area contributed by atoms with Crippen molar-refractivity contribution < 1.29 is 0 Å². The van der Waals surface area contributed by atoms with Crippen LogP contribution >= 0.6 is 0 Å². The molecule has 2 unspecified atom stereocenters. The summed E-state index contributed by atoms with van der Waals surface area (Å²) >= 11 is 0. The second kappa shape index (κ2) is 6.86. The zero-order chi connectivity index (χ0) is 14.5. The highest BCUT2D eigenvalue weighted by molar-refractivity contribution is 5.26. The fourth-order valence-electron chi connectivity index (χ4n) is 3.33. The van der Waals surface area contributed by atoms with Crippen LogP contribution < -0.4 is 5.32 Å². The minimum atomic E-state index is 0.395. The van der Waals surface area contributed by atoms with E-state index >= 15 is 0 Å². The molecule has 0 aliphatic heterocycles. The van der Waals surface area contributed by atoms with Crippen LogP contribution in [0.3, 0.4) is 0 Å². The maximum Gasteiger partial charge on any atom is 0.0605 e. The summed E-state index contributed by atoms with van der Waals surface area (Å²) in [5.74, 6) is 0. The van der Waals surface area contributed by atoms with Gasteiger partial charge in [-0.05, 0) is 42.9 Å². The standard InChI is InChI=1S/C19H24N2/c1-2-8-17(15-9-4-3-5-10-15)21-18-13-6-11-16-12-7-14-20-19(16)18/h3-5,7,9-10,12,14,17-18,21H,2,6,8,11,13H2,1H3. The largest absolute Gasteiger partial charge is 0.302 e. The monoisotopic (exact) mass is 280 g/mol. The van der Waals surface area contributed by atoms with E-state index in [0.29, 0.717) is 12.1 Å². The molecule has 0 spiro atoms. The minimum absolute atomic E-state index is 0.395. The van der Waals surface area contributed by atoms with Crippen LogP contribution in [0.15, 0.2) is 48.7 Å². The van der Waals surface area contributed by atoms with Crippen LogP contribution in [-0.2, 0) is 6.42 Å². The average Bonchev–Trinajstić information content (AvgIpc) is 2.55. The number of nitrogens with one attached hydrogen (secondary N) is 1. The lowest BCUT2D eigenvalue weighted by atomic mass is 9.90. The molecule has 0 bridgehead atoms. The van der Waals surface area contributed by atoms with Gasteiger partial charge in [0, 0.05) is 12.2 Å². The van der Waals surface area contributed by atoms with E-state index in [0.717, 1.165) is 0 Å². The Kier molecular flexibility index (Phi) is 4.66. The molecule has 1 N–H and O–H groups in total. The van der Waals surface area contributed by atoms with Crippen molar-refractivity contribution in [3.63, 3.8) is 0 Å². The van der Waals surface area contributed by atoms with Crippen molar-refractivity contribution in [2.75, 3.05) is 0 Å². The number of fused-ring (bicyclic) bond motifs is 1. The van der Waals surface area contributed by atoms with E-state index in [9.17, 15) is 0 Å². The van der Waals surface area contributed by atoms with E-state index in [4.69, 9.17) is 0 Å². The Morgan fingerprint density at radius 3 is 2.86 bits per heavy atom. The predicted molar refractivity (Wildman–Crippen MR) is 87.1 cm³/mol. The van der Waals surface area contributed by atoms with E-state index in [1.807, 2.05) is 6.20 Å². The number of nitrogens with zero attached hydrogens (tertiary/aromatic N) is 1. The Morgan fingerprint density at radius 1 is 1.19 bits per heavy atom. The summed E-state index contributed by atoms with van der Waals surface area (Å²) < 4.78 is 0. The highest BCUT2D eigenvalue weighted by Gasteiger charge is 2.24. The summed E-state index contributed by atoms with van der Waals surface area (Å²) in [5.41, 5.74) is 4.08. The molecule has 110 valence electrons. The molecule has 2 heteroatoms. The molecule has 0 saturated heterocycles. The van der Waals surface area contributed by atoms with Crippen LogP contribution in [-0.4, -0.2) is 4.98 Å². The fraction of sp³-hybridized carbons (Fsp3) is 0.421. The first-order valence-electron chi connectivity index (χ1n) is 8.13. The first kappa shape index (κ1) is 14.3. The zero-order valence-electron chi connectivity index (χ0n) is 12.8. The van der Waals surface area contributed by atoms with Gasteiger partial charge in [-0.3, -0.25) is 4.98 Å². The van der Waals surface area contributed by atoms with Gasteiger partial charge in [-0.1, -0.05) is 49.7 Å². The number of benzene rings is 1. The highest BCUT2D eigenvalue weighted by Crippen LogP contribution is 2.31. The first-order valence-corrected chi connectivity index (χ1v) is 8.13. The molecule has 1 aliphatic carbocycles. The third-order valence-corrected chi connectivity index (χ3v) is 4.38. The topological polar surface area (TPSA) is 24.9 Å². The Morgan fingerprint density at radius 2 is 2.05 bits per heavy atom. The molecule has 2 nitrogen and oxygen atoms in total. The SMILES string of the molecule is CCCC(NC1CCCc2cccnc21)c1ccccc1. The van der Waals surface area contributed by atoms with Crippen molar-refractivity contribution in [1.82, 2.24) is 10.3 Å². The van der Waals surface area contributed by atoms with Gasteiger partial charge >= 0.3 is 0 Å². The molecular weight excluding hydrogens is 256 g/mol. The molecule has 1 aromatic carbocycles. The van der Waals surface area contributed by atoms with E-state index in [2.05, 4.69) is 59.7 Å². The number of aryl methyl sites for hydroxylation is 1. The Labute approximate surface area is 127 Å². The molecule has 0 amide bonds. The van der Waals surface area contributed by atoms with Crippen LogP contribution in [0.1, 0.15) is 61.5 Å². The summed E-state index contributed by atoms with van der Waals surface area (Å²) in [5, 5.41) is 3.87. The van der Waals surface area contributed by atoms with Crippen molar-refractivity contribution in [3.05, 3.63) is 65.5 Å². The Balaban J connectivity index is 1.81. The number of hydrogen-bond acceptors (Lipinski definition) is 2. The minimum Gasteiger partial charge on any atom is -0.302 e. The lowest BCUT2D eigenvalue weighted by Gasteiger charge is -2.30. The second-order valence-electron chi connectivity index (χ2n) is 5.91. The van der Waals surface area contributed by atoms with Crippen LogP contribution in [0.4, 0.5) is 0 Å². The third kappa shape index (κ3) is 3.33. The maximum atomic E-state index is 4.65. The molecule has 1 aromatic heterocycles. The van der Waals surface area contributed by atoms with Crippen LogP contribution in [0.5, 0.6) is 0 Å². The number of rotatable bonds is 5. The molecule has 0 radical (unpaired) electrons. The summed E-state index contributed by atoms with van der Waals surface area (Å²) in [7, 11) is 0. The number of hydrogen-bond donors (Lipinski definition) is 1. The molecule has 3 rings (SSSR count). The summed E-state index contributed by atoms with van der Waals surface area (Å²) in [6, 6.07) is 15.9. The van der Waals surface area contributed by atoms with Gasteiger partial charge in [0.25, 0.3) is 0 Å². The van der Waals surface area contributed by atoms with Gasteiger partial charge in [-0.15, -0.1) is 0 Å². The molecule has 0 saturated carbocycles. The average molecular weight is 280 g/mol. The van der Waals surface area contributed by atoms with E-state index < -0.39 is 0 Å². The summed E-state index contributed by atoms with van der Waals surface area (Å²) in [4.78, 5) is 4.65. The van der Waals surface area contributed by atoms with Crippen LogP contribution in [0.25, 0.3) is 0 Å². The van der Waals surface area contributed by atoms with E-state index in [1.165, 1.54) is 48.9 Å². The maximum absolute atomic E-state index is 4.65. The molecule has 2 atom stereocenters. The second-order valence-corrected chi connectivity index (χ2v) is 5.91. The highest BCUT2D eigenvalue weighted by atomic mass is 15.0. The zero-order valence-corrected chi connectivity index (χ0v) is 12.8. The molecular formula is C19H24N2. The lowest BCUT2D eigenvalue weighted by molar-refractivity contribution is 0.377. The molecule has 0 fully saturated rings. The predicted octanol–water partition coefficient (Wildman–Crippen LogP) is 4.59. The third-order valence-electron chi connectivity index (χ3n) is 4.38. The quantitative estimate of drug-likeness (QED) is 0.866. The van der Waals surface area contributed by atoms with Gasteiger partial charge in [0.2, 0.25) is 0 Å². The lowest BCUT2D eigenvalue weighted by Crippen LogP contribution is -2.30. The number of aromatic nitrogens is 1. The molecule has 2 aromatic rings. The van der Waals surface area contributed by atoms with Gasteiger partial charge in [0.15, 0.2) is 0 Å². The van der Waals surface area contributed by atoms with Gasteiger partial charge in [-0.2, -0.15) is 0 Å². The normalized spacial score (nSPS) is 19.0. The smallest absolute Gasteiger partial charge is 0.0605 e. The molecule has 21 heavy (non-hydrogen) atoms. The van der Waals surface area contributed by atoms with Gasteiger partial charge in [-0.25, -0.2) is 0 Å². The Bertz CT molecular complexity index is 565. The van der Waals surface area contributed by atoms with Crippen molar-refractivity contribution in [2.24, 2.45) is 0 Å². The van der Waals surface area contributed by atoms with Gasteiger partial charge < -0.3 is 5.32 Å². The molecule has 1 aliphatic rings.